The third-order valence-electron chi connectivity index (χ3n) is 1.70. The average molecular weight is 308 g/mol. The lowest BCUT2D eigenvalue weighted by atomic mass is 10.3. The number of rotatable bonds is 4. The maximum absolute atomic E-state index is 5.96. The Labute approximate surface area is 108 Å². The van der Waals surface area contributed by atoms with Crippen LogP contribution in [0.4, 0.5) is 0 Å². The topological polar surface area (TPSA) is 9.23 Å². The quantitative estimate of drug-likeness (QED) is 0.450. The second-order valence-electron chi connectivity index (χ2n) is 2.85. The van der Waals surface area contributed by atoms with Crippen LogP contribution in [0.1, 0.15) is 12.8 Å². The number of hydrogen-bond acceptors (Lipinski definition) is 1. The zero-order valence-corrected chi connectivity index (χ0v) is 11.0. The molecule has 15 heavy (non-hydrogen) atoms. The van der Waals surface area contributed by atoms with Gasteiger partial charge in [0.15, 0.2) is 0 Å². The van der Waals surface area contributed by atoms with E-state index in [1.54, 1.807) is 12.1 Å². The largest absolute Gasteiger partial charge is 0.492 e. The Morgan fingerprint density at radius 3 is 2.73 bits per heavy atom. The van der Waals surface area contributed by atoms with Gasteiger partial charge in [0.05, 0.1) is 16.7 Å². The highest BCUT2D eigenvalue weighted by Gasteiger charge is 2.06. The summed E-state index contributed by atoms with van der Waals surface area (Å²) < 4.78 is 6.20. The molecule has 1 aromatic rings. The smallest absolute Gasteiger partial charge is 0.139 e. The molecule has 0 saturated carbocycles. The predicted octanol–water partition coefficient (Wildman–Crippen LogP) is 4.55. The van der Waals surface area contributed by atoms with Gasteiger partial charge in [-0.15, -0.1) is 12.3 Å². The summed E-state index contributed by atoms with van der Waals surface area (Å²) in [5.41, 5.74) is 0. The zero-order valence-electron chi connectivity index (χ0n) is 7.90. The molecular formula is C11H9BrCl2O. The molecule has 0 heterocycles. The van der Waals surface area contributed by atoms with Gasteiger partial charge in [-0.1, -0.05) is 23.2 Å². The van der Waals surface area contributed by atoms with Crippen LogP contribution in [0.15, 0.2) is 16.6 Å². The van der Waals surface area contributed by atoms with Crippen molar-refractivity contribution in [3.8, 4) is 18.1 Å². The number of terminal acetylenes is 1. The first-order valence-electron chi connectivity index (χ1n) is 4.36. The van der Waals surface area contributed by atoms with Gasteiger partial charge < -0.3 is 4.74 Å². The van der Waals surface area contributed by atoms with Crippen LogP contribution in [0.2, 0.25) is 10.0 Å². The van der Waals surface area contributed by atoms with Crippen molar-refractivity contribution in [1.29, 1.82) is 0 Å². The molecule has 0 amide bonds. The van der Waals surface area contributed by atoms with E-state index in [0.29, 0.717) is 28.8 Å². The number of unbranched alkanes of at least 4 members (excludes halogenated alkanes) is 1. The third-order valence-corrected chi connectivity index (χ3v) is 3.19. The molecule has 4 heteroatoms. The van der Waals surface area contributed by atoms with Crippen LogP contribution >= 0.6 is 39.1 Å². The van der Waals surface area contributed by atoms with Gasteiger partial charge in [0.25, 0.3) is 0 Å². The van der Waals surface area contributed by atoms with Crippen molar-refractivity contribution in [2.45, 2.75) is 12.8 Å². The molecule has 1 aromatic carbocycles. The predicted molar refractivity (Wildman–Crippen MR) is 67.7 cm³/mol. The molecule has 0 radical (unpaired) electrons. The van der Waals surface area contributed by atoms with Crippen molar-refractivity contribution in [2.75, 3.05) is 6.61 Å². The molecule has 0 N–H and O–H groups in total. The van der Waals surface area contributed by atoms with Crippen LogP contribution in [-0.2, 0) is 0 Å². The zero-order chi connectivity index (χ0) is 11.3. The maximum atomic E-state index is 5.96. The molecule has 0 spiro atoms. The molecule has 80 valence electrons. The SMILES string of the molecule is C#CCCCOc1cc(Cl)c(Br)cc1Cl. The van der Waals surface area contributed by atoms with Gasteiger partial charge in [0.2, 0.25) is 0 Å². The summed E-state index contributed by atoms with van der Waals surface area (Å²) in [4.78, 5) is 0. The molecule has 0 bridgehead atoms. The van der Waals surface area contributed by atoms with Gasteiger partial charge >= 0.3 is 0 Å². The lowest BCUT2D eigenvalue weighted by molar-refractivity contribution is 0.313. The fourth-order valence-corrected chi connectivity index (χ4v) is 1.82. The molecule has 0 saturated heterocycles. The first-order chi connectivity index (χ1) is 7.15. The van der Waals surface area contributed by atoms with Gasteiger partial charge in [-0.2, -0.15) is 0 Å². The second-order valence-corrected chi connectivity index (χ2v) is 4.52. The maximum Gasteiger partial charge on any atom is 0.139 e. The van der Waals surface area contributed by atoms with Crippen molar-refractivity contribution >= 4 is 39.1 Å². The fraction of sp³-hybridized carbons (Fsp3) is 0.273. The first-order valence-corrected chi connectivity index (χ1v) is 5.91. The molecule has 0 aliphatic heterocycles. The Kier molecular flexibility index (Phi) is 5.31. The molecule has 0 atom stereocenters. The third kappa shape index (κ3) is 3.95. The molecular weight excluding hydrogens is 299 g/mol. The normalized spacial score (nSPS) is 9.73. The number of benzene rings is 1. The monoisotopic (exact) mass is 306 g/mol. The molecule has 0 aromatic heterocycles. The molecule has 1 nitrogen and oxygen atoms in total. The Bertz CT molecular complexity index is 385. The van der Waals surface area contributed by atoms with E-state index in [9.17, 15) is 0 Å². The highest BCUT2D eigenvalue weighted by Crippen LogP contribution is 2.34. The molecule has 1 rings (SSSR count). The summed E-state index contributed by atoms with van der Waals surface area (Å²) in [5.74, 6) is 3.13. The van der Waals surface area contributed by atoms with E-state index in [1.165, 1.54) is 0 Å². The number of ether oxygens (including phenoxy) is 1. The van der Waals surface area contributed by atoms with Crippen LogP contribution in [0, 0.1) is 12.3 Å². The van der Waals surface area contributed by atoms with Crippen LogP contribution in [0.25, 0.3) is 0 Å². The Balaban J connectivity index is 2.62. The Hall–Kier alpha value is -0.360. The van der Waals surface area contributed by atoms with Crippen LogP contribution in [0.5, 0.6) is 5.75 Å². The van der Waals surface area contributed by atoms with E-state index in [0.717, 1.165) is 10.9 Å². The summed E-state index contributed by atoms with van der Waals surface area (Å²) in [5, 5.41) is 1.11. The summed E-state index contributed by atoms with van der Waals surface area (Å²) in [7, 11) is 0. The van der Waals surface area contributed by atoms with E-state index in [1.807, 2.05) is 0 Å². The van der Waals surface area contributed by atoms with Crippen molar-refractivity contribution in [3.63, 3.8) is 0 Å². The lowest BCUT2D eigenvalue weighted by Gasteiger charge is -2.08. The summed E-state index contributed by atoms with van der Waals surface area (Å²) >= 11 is 15.1. The van der Waals surface area contributed by atoms with Gasteiger partial charge in [0, 0.05) is 17.0 Å². The Morgan fingerprint density at radius 2 is 2.07 bits per heavy atom. The van der Waals surface area contributed by atoms with Gasteiger partial charge in [-0.3, -0.25) is 0 Å². The lowest BCUT2D eigenvalue weighted by Crippen LogP contribution is -1.97. The van der Waals surface area contributed by atoms with E-state index in [2.05, 4.69) is 21.9 Å². The van der Waals surface area contributed by atoms with Crippen LogP contribution < -0.4 is 4.74 Å². The van der Waals surface area contributed by atoms with Crippen molar-refractivity contribution in [1.82, 2.24) is 0 Å². The fourth-order valence-electron chi connectivity index (χ4n) is 0.971. The summed E-state index contributed by atoms with van der Waals surface area (Å²) in [6.45, 7) is 0.544. The highest BCUT2D eigenvalue weighted by atomic mass is 79.9. The minimum atomic E-state index is 0.534. The van der Waals surface area contributed by atoms with Crippen molar-refractivity contribution < 1.29 is 4.74 Å². The van der Waals surface area contributed by atoms with Crippen LogP contribution in [-0.4, -0.2) is 6.61 Å². The molecule has 0 fully saturated rings. The van der Waals surface area contributed by atoms with Gasteiger partial charge in [-0.25, -0.2) is 0 Å². The minimum absolute atomic E-state index is 0.534. The van der Waals surface area contributed by atoms with Gasteiger partial charge in [0.1, 0.15) is 5.75 Å². The molecule has 0 aliphatic carbocycles. The molecule has 0 unspecified atom stereocenters. The van der Waals surface area contributed by atoms with E-state index >= 15 is 0 Å². The summed E-state index contributed by atoms with van der Waals surface area (Å²) in [6, 6.07) is 3.39. The average Bonchev–Trinajstić information content (AvgIpc) is 2.20. The van der Waals surface area contributed by atoms with Crippen LogP contribution in [0.3, 0.4) is 0 Å². The number of hydrogen-bond donors (Lipinski definition) is 0. The van der Waals surface area contributed by atoms with Crippen molar-refractivity contribution in [2.24, 2.45) is 0 Å². The van der Waals surface area contributed by atoms with E-state index in [-0.39, 0.29) is 0 Å². The highest BCUT2D eigenvalue weighted by molar-refractivity contribution is 9.10. The van der Waals surface area contributed by atoms with E-state index < -0.39 is 0 Å². The van der Waals surface area contributed by atoms with Gasteiger partial charge in [-0.05, 0) is 28.4 Å². The standard InChI is InChI=1S/C11H9BrCl2O/c1-2-3-4-5-15-11-7-9(13)8(12)6-10(11)14/h1,6-7H,3-5H2. The molecule has 0 aliphatic rings. The number of halogens is 3. The van der Waals surface area contributed by atoms with Crippen molar-refractivity contribution in [3.05, 3.63) is 26.7 Å². The second kappa shape index (κ2) is 6.27. The van der Waals surface area contributed by atoms with E-state index in [4.69, 9.17) is 34.4 Å². The Morgan fingerprint density at radius 1 is 1.33 bits per heavy atom. The summed E-state index contributed by atoms with van der Waals surface area (Å²) in [6.07, 6.45) is 6.63. The first kappa shape index (κ1) is 12.7. The minimum Gasteiger partial charge on any atom is -0.492 e.